The van der Waals surface area contributed by atoms with E-state index in [9.17, 15) is 4.79 Å². The van der Waals surface area contributed by atoms with Crippen LogP contribution < -0.4 is 0 Å². The van der Waals surface area contributed by atoms with Gasteiger partial charge in [0.15, 0.2) is 0 Å². The van der Waals surface area contributed by atoms with Crippen LogP contribution in [-0.2, 0) is 4.79 Å². The van der Waals surface area contributed by atoms with Crippen LogP contribution in [0.3, 0.4) is 0 Å². The number of carbonyl (C=O) groups excluding carboxylic acids is 1. The van der Waals surface area contributed by atoms with Crippen molar-refractivity contribution < 1.29 is 4.79 Å². The van der Waals surface area contributed by atoms with Gasteiger partial charge in [0.2, 0.25) is 6.41 Å². The van der Waals surface area contributed by atoms with Crippen molar-refractivity contribution in [3.8, 4) is 0 Å². The molecule has 0 aromatic rings. The van der Waals surface area contributed by atoms with Gasteiger partial charge in [-0.2, -0.15) is 0 Å². The van der Waals surface area contributed by atoms with E-state index in [-0.39, 0.29) is 0 Å². The highest BCUT2D eigenvalue weighted by molar-refractivity contribution is 5.51. The van der Waals surface area contributed by atoms with Crippen LogP contribution in [0.4, 0.5) is 0 Å². The van der Waals surface area contributed by atoms with Crippen molar-refractivity contribution in [1.82, 2.24) is 9.80 Å². The zero-order valence-electron chi connectivity index (χ0n) is 7.73. The average molecular weight is 168 g/mol. The summed E-state index contributed by atoms with van der Waals surface area (Å²) in [6, 6.07) is 1.66. The van der Waals surface area contributed by atoms with Gasteiger partial charge in [0.25, 0.3) is 0 Å². The second kappa shape index (κ2) is 2.73. The Labute approximate surface area is 73.3 Å². The van der Waals surface area contributed by atoms with E-state index in [1.54, 1.807) is 0 Å². The van der Waals surface area contributed by atoms with Crippen LogP contribution in [0.5, 0.6) is 0 Å². The Bertz CT molecular complexity index is 181. The maximum absolute atomic E-state index is 10.6. The van der Waals surface area contributed by atoms with E-state index >= 15 is 0 Å². The number of piperidine rings is 1. The highest BCUT2D eigenvalue weighted by atomic mass is 16.1. The summed E-state index contributed by atoms with van der Waals surface area (Å²) in [5, 5.41) is 0. The third kappa shape index (κ3) is 1.04. The Kier molecular flexibility index (Phi) is 1.83. The molecule has 68 valence electrons. The summed E-state index contributed by atoms with van der Waals surface area (Å²) >= 11 is 0. The predicted octanol–water partition coefficient (Wildman–Crippen LogP) is 0.310. The molecule has 2 bridgehead atoms. The topological polar surface area (TPSA) is 23.6 Å². The molecule has 0 saturated carbocycles. The molecule has 0 spiro atoms. The first-order valence-electron chi connectivity index (χ1n) is 4.69. The van der Waals surface area contributed by atoms with Crippen LogP contribution in [-0.4, -0.2) is 47.4 Å². The summed E-state index contributed by atoms with van der Waals surface area (Å²) in [5.74, 6) is 0. The molecule has 0 aliphatic carbocycles. The molecule has 3 aliphatic rings. The molecule has 3 heterocycles. The SMILES string of the molecule is CC(C)N1CC2CC(C1)N2C=O. The number of hydrogen-bond donors (Lipinski definition) is 0. The van der Waals surface area contributed by atoms with E-state index in [2.05, 4.69) is 18.7 Å². The van der Waals surface area contributed by atoms with Crippen LogP contribution in [0, 0.1) is 0 Å². The Morgan fingerprint density at radius 1 is 1.33 bits per heavy atom. The summed E-state index contributed by atoms with van der Waals surface area (Å²) < 4.78 is 0. The minimum atomic E-state index is 0.517. The van der Waals surface area contributed by atoms with E-state index in [1.807, 2.05) is 4.90 Å². The van der Waals surface area contributed by atoms with Crippen LogP contribution in [0.1, 0.15) is 20.3 Å². The minimum Gasteiger partial charge on any atom is -0.337 e. The van der Waals surface area contributed by atoms with Crippen LogP contribution >= 0.6 is 0 Å². The van der Waals surface area contributed by atoms with Crippen LogP contribution in [0.25, 0.3) is 0 Å². The lowest BCUT2D eigenvalue weighted by Gasteiger charge is -2.55. The maximum Gasteiger partial charge on any atom is 0.210 e. The summed E-state index contributed by atoms with van der Waals surface area (Å²) in [6.07, 6.45) is 2.23. The van der Waals surface area contributed by atoms with Gasteiger partial charge in [-0.25, -0.2) is 0 Å². The minimum absolute atomic E-state index is 0.517. The van der Waals surface area contributed by atoms with E-state index in [4.69, 9.17) is 0 Å². The van der Waals surface area contributed by atoms with E-state index in [0.717, 1.165) is 19.5 Å². The molecule has 3 rings (SSSR count). The number of amides is 1. The first kappa shape index (κ1) is 8.05. The molecule has 2 atom stereocenters. The molecular weight excluding hydrogens is 152 g/mol. The van der Waals surface area contributed by atoms with Crippen molar-refractivity contribution in [3.63, 3.8) is 0 Å². The molecule has 0 aromatic heterocycles. The molecule has 0 radical (unpaired) electrons. The molecule has 3 heteroatoms. The summed E-state index contributed by atoms with van der Waals surface area (Å²) in [7, 11) is 0. The van der Waals surface area contributed by atoms with Gasteiger partial charge < -0.3 is 4.90 Å². The largest absolute Gasteiger partial charge is 0.337 e. The Hall–Kier alpha value is -0.570. The number of hydrogen-bond acceptors (Lipinski definition) is 2. The second-order valence-corrected chi connectivity index (χ2v) is 4.14. The fourth-order valence-corrected chi connectivity index (χ4v) is 2.26. The normalized spacial score (nSPS) is 35.1. The summed E-state index contributed by atoms with van der Waals surface area (Å²) in [5.41, 5.74) is 0. The van der Waals surface area contributed by atoms with Gasteiger partial charge in [0, 0.05) is 31.2 Å². The molecule has 1 amide bonds. The average Bonchev–Trinajstić information content (AvgIpc) is 2.05. The monoisotopic (exact) mass is 168 g/mol. The van der Waals surface area contributed by atoms with Gasteiger partial charge in [-0.1, -0.05) is 0 Å². The predicted molar refractivity (Wildman–Crippen MR) is 46.8 cm³/mol. The molecule has 12 heavy (non-hydrogen) atoms. The Balaban J connectivity index is 1.96. The summed E-state index contributed by atoms with van der Waals surface area (Å²) in [6.45, 7) is 6.59. The molecule has 3 fully saturated rings. The van der Waals surface area contributed by atoms with Crippen molar-refractivity contribution in [1.29, 1.82) is 0 Å². The molecule has 3 saturated heterocycles. The van der Waals surface area contributed by atoms with Crippen LogP contribution in [0.2, 0.25) is 0 Å². The van der Waals surface area contributed by atoms with Crippen molar-refractivity contribution in [3.05, 3.63) is 0 Å². The van der Waals surface area contributed by atoms with Crippen molar-refractivity contribution >= 4 is 6.41 Å². The van der Waals surface area contributed by atoms with Crippen molar-refractivity contribution in [2.24, 2.45) is 0 Å². The summed E-state index contributed by atoms with van der Waals surface area (Å²) in [4.78, 5) is 15.0. The molecule has 2 unspecified atom stereocenters. The van der Waals surface area contributed by atoms with Crippen molar-refractivity contribution in [2.45, 2.75) is 38.4 Å². The molecule has 3 aliphatic heterocycles. The lowest BCUT2D eigenvalue weighted by atomic mass is 9.88. The highest BCUT2D eigenvalue weighted by Crippen LogP contribution is 2.31. The number of piperazine rings is 1. The van der Waals surface area contributed by atoms with Crippen LogP contribution in [0.15, 0.2) is 0 Å². The first-order valence-corrected chi connectivity index (χ1v) is 4.69. The Morgan fingerprint density at radius 3 is 2.33 bits per heavy atom. The third-order valence-corrected chi connectivity index (χ3v) is 3.13. The van der Waals surface area contributed by atoms with Gasteiger partial charge in [-0.3, -0.25) is 9.69 Å². The molecular formula is C9H16N2O. The van der Waals surface area contributed by atoms with E-state index in [1.165, 1.54) is 6.42 Å². The van der Waals surface area contributed by atoms with Gasteiger partial charge in [0.05, 0.1) is 0 Å². The van der Waals surface area contributed by atoms with E-state index < -0.39 is 0 Å². The van der Waals surface area contributed by atoms with Gasteiger partial charge >= 0.3 is 0 Å². The smallest absolute Gasteiger partial charge is 0.210 e. The zero-order valence-corrected chi connectivity index (χ0v) is 7.73. The standard InChI is InChI=1S/C9H16N2O/c1-7(2)10-4-8-3-9(5-10)11(8)6-12/h6-9H,3-5H2,1-2H3. The first-order chi connectivity index (χ1) is 5.72. The number of rotatable bonds is 2. The molecule has 0 N–H and O–H groups in total. The fourth-order valence-electron chi connectivity index (χ4n) is 2.26. The molecule has 0 aromatic carbocycles. The highest BCUT2D eigenvalue weighted by Gasteiger charge is 2.44. The lowest BCUT2D eigenvalue weighted by Crippen LogP contribution is -2.68. The quantitative estimate of drug-likeness (QED) is 0.554. The zero-order chi connectivity index (χ0) is 8.72. The number of carbonyl (C=O) groups is 1. The second-order valence-electron chi connectivity index (χ2n) is 4.14. The fraction of sp³-hybridized carbons (Fsp3) is 0.889. The Morgan fingerprint density at radius 2 is 1.92 bits per heavy atom. The van der Waals surface area contributed by atoms with E-state index in [0.29, 0.717) is 18.1 Å². The van der Waals surface area contributed by atoms with Crippen molar-refractivity contribution in [2.75, 3.05) is 13.1 Å². The third-order valence-electron chi connectivity index (χ3n) is 3.13. The van der Waals surface area contributed by atoms with Gasteiger partial charge in [-0.05, 0) is 20.3 Å². The number of fused-ring (bicyclic) bond motifs is 2. The maximum atomic E-state index is 10.6. The lowest BCUT2D eigenvalue weighted by molar-refractivity contribution is -0.140. The van der Waals surface area contributed by atoms with Gasteiger partial charge in [-0.15, -0.1) is 0 Å². The molecule has 3 nitrogen and oxygen atoms in total. The number of nitrogens with zero attached hydrogens (tertiary/aromatic N) is 2. The van der Waals surface area contributed by atoms with Gasteiger partial charge in [0.1, 0.15) is 0 Å².